The fourth-order valence-electron chi connectivity index (χ4n) is 2.37. The maximum Gasteiger partial charge on any atom is 0.294 e. The van der Waals surface area contributed by atoms with Gasteiger partial charge in [0.05, 0.1) is 21.4 Å². The molecule has 0 aliphatic rings. The summed E-state index contributed by atoms with van der Waals surface area (Å²) in [6.07, 6.45) is 1.53. The number of nitrogens with zero attached hydrogens (tertiary/aromatic N) is 2. The summed E-state index contributed by atoms with van der Waals surface area (Å²) < 4.78 is 13.5. The topological polar surface area (TPSA) is 84.6 Å². The number of nitro groups is 1. The molecule has 2 aromatic carbocycles. The predicted molar refractivity (Wildman–Crippen MR) is 108 cm³/mol. The van der Waals surface area contributed by atoms with Crippen molar-refractivity contribution in [1.82, 2.24) is 0 Å². The number of nitrogens with one attached hydrogen (secondary N) is 1. The summed E-state index contributed by atoms with van der Waals surface area (Å²) in [6, 6.07) is 13.2. The summed E-state index contributed by atoms with van der Waals surface area (Å²) in [4.78, 5) is 28.0. The smallest absolute Gasteiger partial charge is 0.294 e. The summed E-state index contributed by atoms with van der Waals surface area (Å²) in [5.41, 5.74) is 0.756. The first-order valence-electron chi connectivity index (χ1n) is 8.03. The van der Waals surface area contributed by atoms with E-state index in [1.807, 2.05) is 0 Å². The summed E-state index contributed by atoms with van der Waals surface area (Å²) in [5.74, 6) is -0.847. The van der Waals surface area contributed by atoms with Gasteiger partial charge in [-0.15, -0.1) is 11.3 Å². The Kier molecular flexibility index (Phi) is 6.13. The van der Waals surface area contributed by atoms with Gasteiger partial charge in [-0.05, 0) is 42.0 Å². The van der Waals surface area contributed by atoms with Crippen LogP contribution in [0.1, 0.15) is 10.4 Å². The van der Waals surface area contributed by atoms with Crippen LogP contribution < -0.4 is 5.32 Å². The lowest BCUT2D eigenvalue weighted by Crippen LogP contribution is -2.15. The van der Waals surface area contributed by atoms with Gasteiger partial charge in [0.1, 0.15) is 11.5 Å². The maximum absolute atomic E-state index is 12.9. The minimum absolute atomic E-state index is 0.0313. The molecule has 1 amide bonds. The fraction of sp³-hybridized carbons (Fsp3) is 0.0526. The van der Waals surface area contributed by atoms with Crippen molar-refractivity contribution < 1.29 is 14.1 Å². The van der Waals surface area contributed by atoms with Gasteiger partial charge < -0.3 is 5.32 Å². The first kappa shape index (κ1) is 19.7. The third-order valence-electron chi connectivity index (χ3n) is 3.66. The lowest BCUT2D eigenvalue weighted by atomic mass is 10.1. The van der Waals surface area contributed by atoms with E-state index in [-0.39, 0.29) is 17.8 Å². The van der Waals surface area contributed by atoms with Gasteiger partial charge in [-0.3, -0.25) is 19.9 Å². The van der Waals surface area contributed by atoms with Crippen LogP contribution in [-0.2, 0) is 11.2 Å². The van der Waals surface area contributed by atoms with Crippen molar-refractivity contribution in [2.24, 2.45) is 4.99 Å². The number of hydrogen-bond acceptors (Lipinski definition) is 5. The molecule has 28 heavy (non-hydrogen) atoms. The quantitative estimate of drug-likeness (QED) is 0.332. The van der Waals surface area contributed by atoms with E-state index >= 15 is 0 Å². The van der Waals surface area contributed by atoms with E-state index in [1.165, 1.54) is 47.7 Å². The van der Waals surface area contributed by atoms with Gasteiger partial charge in [-0.25, -0.2) is 4.39 Å². The lowest BCUT2D eigenvalue weighted by molar-refractivity contribution is -0.383. The van der Waals surface area contributed by atoms with Crippen LogP contribution in [0, 0.1) is 15.9 Å². The van der Waals surface area contributed by atoms with Crippen LogP contribution in [0.5, 0.6) is 0 Å². The van der Waals surface area contributed by atoms with E-state index < -0.39 is 16.6 Å². The lowest BCUT2D eigenvalue weighted by Gasteiger charge is -2.07. The zero-order chi connectivity index (χ0) is 20.1. The van der Waals surface area contributed by atoms with Crippen molar-refractivity contribution >= 4 is 52.1 Å². The number of amides is 1. The molecule has 6 nitrogen and oxygen atoms in total. The molecule has 0 atom stereocenters. The first-order valence-corrected chi connectivity index (χ1v) is 9.22. The second kappa shape index (κ2) is 8.73. The van der Waals surface area contributed by atoms with Crippen molar-refractivity contribution in [3.05, 3.63) is 85.3 Å². The van der Waals surface area contributed by atoms with Crippen LogP contribution in [-0.4, -0.2) is 17.0 Å². The molecule has 1 N–H and O–H groups in total. The molecule has 0 spiro atoms. The Labute approximate surface area is 168 Å². The van der Waals surface area contributed by atoms with Crippen LogP contribution >= 0.6 is 22.9 Å². The monoisotopic (exact) mass is 417 g/mol. The second-order valence-corrected chi connectivity index (χ2v) is 7.46. The second-order valence-electron chi connectivity index (χ2n) is 5.71. The highest BCUT2D eigenvalue weighted by atomic mass is 35.5. The number of aliphatic imine (C=N–C) groups is 1. The standard InChI is InChI=1S/C19H13ClFN3O3S/c20-18-8-6-15(28-18)11-22-14-5-7-16(17(10-14)24(26)27)23-19(25)9-12-1-3-13(21)4-2-12/h1-8,10-11H,9H2,(H,23,25). The molecule has 1 heterocycles. The van der Waals surface area contributed by atoms with Gasteiger partial charge in [0.25, 0.3) is 5.69 Å². The minimum atomic E-state index is -0.589. The highest BCUT2D eigenvalue weighted by Gasteiger charge is 2.17. The molecule has 3 rings (SSSR count). The van der Waals surface area contributed by atoms with Crippen LogP contribution in [0.2, 0.25) is 4.34 Å². The Morgan fingerprint density at radius 1 is 1.21 bits per heavy atom. The summed E-state index contributed by atoms with van der Waals surface area (Å²) in [7, 11) is 0. The SMILES string of the molecule is O=C(Cc1ccc(F)cc1)Nc1ccc(N=Cc2ccc(Cl)s2)cc1[N+](=O)[O-]. The van der Waals surface area contributed by atoms with Crippen molar-refractivity contribution in [2.45, 2.75) is 6.42 Å². The van der Waals surface area contributed by atoms with E-state index in [4.69, 9.17) is 11.6 Å². The van der Waals surface area contributed by atoms with Gasteiger partial charge in [0.2, 0.25) is 5.91 Å². The van der Waals surface area contributed by atoms with E-state index in [9.17, 15) is 19.3 Å². The third-order valence-corrected chi connectivity index (χ3v) is 4.83. The number of anilines is 1. The van der Waals surface area contributed by atoms with Gasteiger partial charge in [0.15, 0.2) is 0 Å². The first-order chi connectivity index (χ1) is 13.4. The molecule has 0 saturated carbocycles. The summed E-state index contributed by atoms with van der Waals surface area (Å²) >= 11 is 7.19. The molecular formula is C19H13ClFN3O3S. The Bertz CT molecular complexity index is 1050. The number of rotatable bonds is 6. The summed E-state index contributed by atoms with van der Waals surface area (Å²) in [5, 5.41) is 13.9. The molecule has 0 unspecified atom stereocenters. The molecule has 0 bridgehead atoms. The number of halogens is 2. The minimum Gasteiger partial charge on any atom is -0.320 e. The normalized spacial score (nSPS) is 10.9. The largest absolute Gasteiger partial charge is 0.320 e. The van der Waals surface area contributed by atoms with Crippen LogP contribution in [0.15, 0.2) is 59.6 Å². The molecule has 1 aromatic heterocycles. The number of carbonyl (C=O) groups is 1. The van der Waals surface area contributed by atoms with Gasteiger partial charge in [0, 0.05) is 17.2 Å². The van der Waals surface area contributed by atoms with Gasteiger partial charge in [-0.2, -0.15) is 0 Å². The maximum atomic E-state index is 12.9. The van der Waals surface area contributed by atoms with Crippen molar-refractivity contribution in [2.75, 3.05) is 5.32 Å². The van der Waals surface area contributed by atoms with E-state index in [0.29, 0.717) is 15.6 Å². The third kappa shape index (κ3) is 5.21. The van der Waals surface area contributed by atoms with Crippen molar-refractivity contribution in [1.29, 1.82) is 0 Å². The van der Waals surface area contributed by atoms with Crippen LogP contribution in [0.3, 0.4) is 0 Å². The Morgan fingerprint density at radius 3 is 2.61 bits per heavy atom. The molecule has 142 valence electrons. The molecule has 0 aliphatic heterocycles. The molecule has 0 aliphatic carbocycles. The number of hydrogen-bond donors (Lipinski definition) is 1. The van der Waals surface area contributed by atoms with Crippen molar-refractivity contribution in [3.8, 4) is 0 Å². The molecule has 9 heteroatoms. The Morgan fingerprint density at radius 2 is 1.96 bits per heavy atom. The highest BCUT2D eigenvalue weighted by molar-refractivity contribution is 7.17. The number of benzene rings is 2. The van der Waals surface area contributed by atoms with Gasteiger partial charge in [-0.1, -0.05) is 23.7 Å². The molecule has 0 radical (unpaired) electrons. The number of carbonyl (C=O) groups excluding carboxylic acids is 1. The molecule has 3 aromatic rings. The zero-order valence-corrected chi connectivity index (χ0v) is 15.8. The average Bonchev–Trinajstić information content (AvgIpc) is 3.08. The van der Waals surface area contributed by atoms with Crippen molar-refractivity contribution in [3.63, 3.8) is 0 Å². The van der Waals surface area contributed by atoms with E-state index in [1.54, 1.807) is 24.4 Å². The highest BCUT2D eigenvalue weighted by Crippen LogP contribution is 2.30. The zero-order valence-electron chi connectivity index (χ0n) is 14.3. The Balaban J connectivity index is 1.75. The fourth-order valence-corrected chi connectivity index (χ4v) is 3.31. The summed E-state index contributed by atoms with van der Waals surface area (Å²) in [6.45, 7) is 0. The van der Waals surface area contributed by atoms with E-state index in [0.717, 1.165) is 4.88 Å². The average molecular weight is 418 g/mol. The number of thiophene rings is 1. The van der Waals surface area contributed by atoms with Gasteiger partial charge >= 0.3 is 0 Å². The van der Waals surface area contributed by atoms with Crippen LogP contribution in [0.4, 0.5) is 21.5 Å². The molecule has 0 fully saturated rings. The number of nitro benzene ring substituents is 1. The van der Waals surface area contributed by atoms with Crippen LogP contribution in [0.25, 0.3) is 0 Å². The van der Waals surface area contributed by atoms with E-state index in [2.05, 4.69) is 10.3 Å². The molecular weight excluding hydrogens is 405 g/mol. The Hall–Kier alpha value is -3.10. The predicted octanol–water partition coefficient (Wildman–Crippen LogP) is 5.38. The molecule has 0 saturated heterocycles.